The lowest BCUT2D eigenvalue weighted by Crippen LogP contribution is -2.37. The average molecular weight is 516 g/mol. The molecule has 0 radical (unpaired) electrons. The Morgan fingerprint density at radius 2 is 2.03 bits per heavy atom. The van der Waals surface area contributed by atoms with Crippen LogP contribution >= 0.6 is 0 Å². The van der Waals surface area contributed by atoms with E-state index >= 15 is 0 Å². The van der Waals surface area contributed by atoms with Gasteiger partial charge in [0, 0.05) is 55.7 Å². The largest absolute Gasteiger partial charge is 0.379 e. The number of nitrogens with zero attached hydrogens (tertiary/aromatic N) is 5. The summed E-state index contributed by atoms with van der Waals surface area (Å²) in [4.78, 5) is 24.2. The zero-order valence-electron chi connectivity index (χ0n) is 22.1. The van der Waals surface area contributed by atoms with Gasteiger partial charge >= 0.3 is 6.03 Å². The lowest BCUT2D eigenvalue weighted by atomic mass is 9.94. The van der Waals surface area contributed by atoms with Crippen LogP contribution in [-0.4, -0.2) is 69.6 Å². The van der Waals surface area contributed by atoms with E-state index < -0.39 is 0 Å². The van der Waals surface area contributed by atoms with Crippen molar-refractivity contribution in [3.63, 3.8) is 0 Å². The van der Waals surface area contributed by atoms with Crippen LogP contribution in [0.3, 0.4) is 0 Å². The number of hydrogen-bond acceptors (Lipinski definition) is 6. The first kappa shape index (κ1) is 26.1. The average Bonchev–Trinajstić information content (AvgIpc) is 3.41. The van der Waals surface area contributed by atoms with Gasteiger partial charge in [-0.2, -0.15) is 5.10 Å². The number of fused-ring (bicyclic) bond motifs is 1. The van der Waals surface area contributed by atoms with Crippen molar-refractivity contribution in [2.24, 2.45) is 5.92 Å². The zero-order chi connectivity index (χ0) is 26.2. The molecule has 4 heterocycles. The molecule has 9 nitrogen and oxygen atoms in total. The molecule has 3 aromatic heterocycles. The van der Waals surface area contributed by atoms with Crippen LogP contribution in [0, 0.1) is 5.92 Å². The molecule has 2 N–H and O–H groups in total. The number of anilines is 1. The Morgan fingerprint density at radius 1 is 1.13 bits per heavy atom. The molecule has 2 atom stereocenters. The second-order valence-electron chi connectivity index (χ2n) is 10.1. The maximum atomic E-state index is 12.6. The van der Waals surface area contributed by atoms with E-state index in [1.54, 1.807) is 6.07 Å². The number of carbonyl (C=O) groups is 1. The van der Waals surface area contributed by atoms with E-state index in [4.69, 9.17) is 4.74 Å². The minimum absolute atomic E-state index is 0.0773. The summed E-state index contributed by atoms with van der Waals surface area (Å²) >= 11 is 0. The minimum Gasteiger partial charge on any atom is -0.379 e. The summed E-state index contributed by atoms with van der Waals surface area (Å²) in [5.74, 6) is 1.05. The molecule has 0 bridgehead atoms. The molecule has 2 unspecified atom stereocenters. The highest BCUT2D eigenvalue weighted by Gasteiger charge is 2.13. The van der Waals surface area contributed by atoms with Crippen LogP contribution in [0.4, 0.5) is 10.6 Å². The van der Waals surface area contributed by atoms with Gasteiger partial charge < -0.3 is 10.1 Å². The van der Waals surface area contributed by atoms with Crippen LogP contribution in [0.2, 0.25) is 0 Å². The topological polar surface area (TPSA) is 97.2 Å². The predicted octanol–water partition coefficient (Wildman–Crippen LogP) is 4.64. The molecule has 1 fully saturated rings. The van der Waals surface area contributed by atoms with E-state index in [2.05, 4.69) is 61.1 Å². The lowest BCUT2D eigenvalue weighted by molar-refractivity contribution is 0.0368. The van der Waals surface area contributed by atoms with Crippen molar-refractivity contribution in [1.29, 1.82) is 0 Å². The fourth-order valence-corrected chi connectivity index (χ4v) is 4.91. The number of nitrogens with one attached hydrogen (secondary N) is 2. The van der Waals surface area contributed by atoms with Crippen molar-refractivity contribution in [2.75, 3.05) is 38.2 Å². The maximum absolute atomic E-state index is 12.6. The molecule has 1 aliphatic heterocycles. The summed E-state index contributed by atoms with van der Waals surface area (Å²) in [6.07, 6.45) is 18.5. The Balaban J connectivity index is 1.14. The van der Waals surface area contributed by atoms with Crippen molar-refractivity contribution in [1.82, 2.24) is 30.0 Å². The molecule has 0 aromatic carbocycles. The molecule has 5 rings (SSSR count). The van der Waals surface area contributed by atoms with Crippen LogP contribution in [0.25, 0.3) is 22.2 Å². The summed E-state index contributed by atoms with van der Waals surface area (Å²) < 4.78 is 7.40. The van der Waals surface area contributed by atoms with Gasteiger partial charge in [-0.05, 0) is 56.7 Å². The smallest absolute Gasteiger partial charge is 0.320 e. The van der Waals surface area contributed by atoms with Gasteiger partial charge in [-0.25, -0.2) is 9.78 Å². The third kappa shape index (κ3) is 7.26. The van der Waals surface area contributed by atoms with Crippen LogP contribution in [0.5, 0.6) is 0 Å². The van der Waals surface area contributed by atoms with E-state index in [1.807, 2.05) is 36.1 Å². The maximum Gasteiger partial charge on any atom is 0.320 e. The van der Waals surface area contributed by atoms with Crippen molar-refractivity contribution >= 4 is 22.9 Å². The fraction of sp³-hybridized carbons (Fsp3) is 0.448. The second kappa shape index (κ2) is 12.8. The number of pyridine rings is 2. The number of aryl methyl sites for hydroxylation is 1. The summed E-state index contributed by atoms with van der Waals surface area (Å²) in [7, 11) is 0. The van der Waals surface area contributed by atoms with Gasteiger partial charge in [-0.3, -0.25) is 19.9 Å². The Morgan fingerprint density at radius 3 is 2.87 bits per heavy atom. The highest BCUT2D eigenvalue weighted by molar-refractivity contribution is 5.90. The van der Waals surface area contributed by atoms with Gasteiger partial charge in [-0.1, -0.05) is 24.3 Å². The summed E-state index contributed by atoms with van der Waals surface area (Å²) in [5.41, 5.74) is 3.46. The van der Waals surface area contributed by atoms with E-state index in [1.165, 1.54) is 0 Å². The van der Waals surface area contributed by atoms with Gasteiger partial charge in [0.1, 0.15) is 5.82 Å². The van der Waals surface area contributed by atoms with Crippen LogP contribution in [0.1, 0.15) is 32.6 Å². The molecular formula is C29H37N7O2. The monoisotopic (exact) mass is 515 g/mol. The molecule has 38 heavy (non-hydrogen) atoms. The van der Waals surface area contributed by atoms with Crippen LogP contribution in [-0.2, 0) is 11.3 Å². The predicted molar refractivity (Wildman–Crippen MR) is 150 cm³/mol. The highest BCUT2D eigenvalue weighted by Crippen LogP contribution is 2.23. The number of carbonyl (C=O) groups excluding carboxylic acids is 1. The van der Waals surface area contributed by atoms with E-state index in [0.717, 1.165) is 87.2 Å². The molecule has 0 spiro atoms. The van der Waals surface area contributed by atoms with Crippen molar-refractivity contribution < 1.29 is 9.53 Å². The third-order valence-corrected chi connectivity index (χ3v) is 7.13. The van der Waals surface area contributed by atoms with Gasteiger partial charge in [0.2, 0.25) is 0 Å². The molecule has 2 amide bonds. The summed E-state index contributed by atoms with van der Waals surface area (Å²) in [5, 5.41) is 10.4. The molecular weight excluding hydrogens is 478 g/mol. The number of hydrogen-bond donors (Lipinski definition) is 2. The Hall–Kier alpha value is -3.56. The number of allylic oxidation sites excluding steroid dienone is 4. The number of amides is 2. The molecule has 1 aliphatic carbocycles. The molecule has 1 saturated heterocycles. The number of urea groups is 1. The van der Waals surface area contributed by atoms with E-state index in [-0.39, 0.29) is 12.1 Å². The standard InChI is InChI=1S/C29H37N7O2/c1-22(8-9-23-6-3-2-4-7-23)32-29(37)34-28-11-10-26-27(33-28)18-24(19-30-26)25-20-31-36(21-25)13-5-12-35-14-16-38-17-15-35/h2-4,6,10-11,18-23H,5,7-9,12-17H2,1H3,(H2,32,33,34,37). The lowest BCUT2D eigenvalue weighted by Gasteiger charge is -2.26. The molecule has 0 saturated carbocycles. The van der Waals surface area contributed by atoms with Crippen LogP contribution < -0.4 is 10.6 Å². The normalized spacial score (nSPS) is 18.5. The first-order chi connectivity index (χ1) is 18.6. The van der Waals surface area contributed by atoms with Gasteiger partial charge in [-0.15, -0.1) is 0 Å². The second-order valence-corrected chi connectivity index (χ2v) is 10.1. The van der Waals surface area contributed by atoms with Crippen molar-refractivity contribution in [3.05, 3.63) is 61.1 Å². The first-order valence-corrected chi connectivity index (χ1v) is 13.6. The zero-order valence-corrected chi connectivity index (χ0v) is 22.1. The quantitative estimate of drug-likeness (QED) is 0.408. The van der Waals surface area contributed by atoms with E-state index in [0.29, 0.717) is 11.7 Å². The Kier molecular flexibility index (Phi) is 8.78. The molecule has 9 heteroatoms. The van der Waals surface area contributed by atoms with E-state index in [9.17, 15) is 4.79 Å². The number of morpholine rings is 1. The molecule has 2 aliphatic rings. The molecule has 200 valence electrons. The van der Waals surface area contributed by atoms with Crippen molar-refractivity contribution in [2.45, 2.75) is 45.2 Å². The SMILES string of the molecule is CC(CCC1C=CC=CC1)NC(=O)Nc1ccc2ncc(-c3cnn(CCCN4CCOCC4)c3)cc2n1. The number of rotatable bonds is 10. The molecule has 3 aromatic rings. The number of aromatic nitrogens is 4. The van der Waals surface area contributed by atoms with Gasteiger partial charge in [0.25, 0.3) is 0 Å². The number of ether oxygens (including phenoxy) is 1. The Bertz CT molecular complexity index is 1280. The summed E-state index contributed by atoms with van der Waals surface area (Å²) in [6, 6.07) is 5.49. The van der Waals surface area contributed by atoms with Crippen LogP contribution in [0.15, 0.2) is 61.1 Å². The highest BCUT2D eigenvalue weighted by atomic mass is 16.5. The summed E-state index contributed by atoms with van der Waals surface area (Å²) in [6.45, 7) is 7.62. The third-order valence-electron chi connectivity index (χ3n) is 7.13. The van der Waals surface area contributed by atoms with Gasteiger partial charge in [0.05, 0.1) is 30.4 Å². The Labute approximate surface area is 224 Å². The van der Waals surface area contributed by atoms with Crippen molar-refractivity contribution in [3.8, 4) is 11.1 Å². The van der Waals surface area contributed by atoms with Gasteiger partial charge in [0.15, 0.2) is 0 Å². The first-order valence-electron chi connectivity index (χ1n) is 13.6. The minimum atomic E-state index is -0.245. The fourth-order valence-electron chi connectivity index (χ4n) is 4.91.